The molecule has 0 amide bonds. The van der Waals surface area contributed by atoms with Gasteiger partial charge in [0, 0.05) is 3.92 Å². The minimum absolute atomic E-state index is 0.0211. The smallest absolute Gasteiger partial charge is 0.343 e. The molecule has 1 saturated carbocycles. The van der Waals surface area contributed by atoms with Crippen LogP contribution in [0.2, 0.25) is 0 Å². The van der Waals surface area contributed by atoms with Crippen molar-refractivity contribution in [3.8, 4) is 11.5 Å². The molecule has 0 unspecified atom stereocenters. The molecule has 0 heterocycles. The summed E-state index contributed by atoms with van der Waals surface area (Å²) in [6.07, 6.45) is 3.88. The van der Waals surface area contributed by atoms with Crippen LogP contribution in [0.3, 0.4) is 0 Å². The van der Waals surface area contributed by atoms with Gasteiger partial charge in [-0.15, -0.1) is 0 Å². The van der Waals surface area contributed by atoms with E-state index in [1.54, 1.807) is 36.4 Å². The highest BCUT2D eigenvalue weighted by atomic mass is 127. The van der Waals surface area contributed by atoms with Gasteiger partial charge in [-0.05, 0) is 69.0 Å². The SMILES string of the molecule is Cc1ccc(OC(=O)c2ccc(OC(=O)C3CCC(I)CC3)cc2)cc1. The van der Waals surface area contributed by atoms with Crippen molar-refractivity contribution in [3.05, 3.63) is 59.7 Å². The van der Waals surface area contributed by atoms with E-state index in [0.29, 0.717) is 21.0 Å². The van der Waals surface area contributed by atoms with Crippen molar-refractivity contribution in [2.24, 2.45) is 5.92 Å². The molecule has 136 valence electrons. The highest BCUT2D eigenvalue weighted by Crippen LogP contribution is 2.30. The van der Waals surface area contributed by atoms with E-state index in [-0.39, 0.29) is 11.9 Å². The molecule has 0 bridgehead atoms. The third-order valence-electron chi connectivity index (χ3n) is 4.53. The zero-order chi connectivity index (χ0) is 18.5. The van der Waals surface area contributed by atoms with Crippen LogP contribution < -0.4 is 9.47 Å². The molecule has 1 fully saturated rings. The molecule has 0 aromatic heterocycles. The quantitative estimate of drug-likeness (QED) is 0.273. The first-order chi connectivity index (χ1) is 12.5. The molecule has 4 nitrogen and oxygen atoms in total. The van der Waals surface area contributed by atoms with Gasteiger partial charge in [-0.25, -0.2) is 4.79 Å². The van der Waals surface area contributed by atoms with Crippen molar-refractivity contribution in [1.29, 1.82) is 0 Å². The molecule has 1 aliphatic carbocycles. The zero-order valence-corrected chi connectivity index (χ0v) is 16.8. The van der Waals surface area contributed by atoms with E-state index in [4.69, 9.17) is 9.47 Å². The van der Waals surface area contributed by atoms with Crippen LogP contribution >= 0.6 is 22.6 Å². The lowest BCUT2D eigenvalue weighted by atomic mass is 9.89. The van der Waals surface area contributed by atoms with Gasteiger partial charge in [-0.1, -0.05) is 40.3 Å². The Morgan fingerprint density at radius 2 is 1.38 bits per heavy atom. The molecule has 0 spiro atoms. The van der Waals surface area contributed by atoms with E-state index in [1.165, 1.54) is 0 Å². The maximum Gasteiger partial charge on any atom is 0.343 e. The lowest BCUT2D eigenvalue weighted by Crippen LogP contribution is -2.25. The fourth-order valence-electron chi connectivity index (χ4n) is 2.92. The summed E-state index contributed by atoms with van der Waals surface area (Å²) in [4.78, 5) is 24.4. The van der Waals surface area contributed by atoms with Gasteiger partial charge in [0.15, 0.2) is 0 Å². The topological polar surface area (TPSA) is 52.6 Å². The second kappa shape index (κ2) is 8.66. The molecule has 2 aromatic carbocycles. The van der Waals surface area contributed by atoms with Crippen LogP contribution in [0.5, 0.6) is 11.5 Å². The first kappa shape index (κ1) is 18.9. The van der Waals surface area contributed by atoms with Crippen LogP contribution in [-0.4, -0.2) is 15.9 Å². The summed E-state index contributed by atoms with van der Waals surface area (Å²) < 4.78 is 11.5. The van der Waals surface area contributed by atoms with Crippen LogP contribution in [0, 0.1) is 12.8 Å². The highest BCUT2D eigenvalue weighted by Gasteiger charge is 2.26. The summed E-state index contributed by atoms with van der Waals surface area (Å²) in [5, 5.41) is 0. The van der Waals surface area contributed by atoms with Crippen molar-refractivity contribution in [1.82, 2.24) is 0 Å². The van der Waals surface area contributed by atoms with Gasteiger partial charge in [0.1, 0.15) is 11.5 Å². The largest absolute Gasteiger partial charge is 0.426 e. The van der Waals surface area contributed by atoms with Gasteiger partial charge >= 0.3 is 11.9 Å². The van der Waals surface area contributed by atoms with Gasteiger partial charge in [0.05, 0.1) is 11.5 Å². The Bertz CT molecular complexity index is 760. The molecular formula is C21H21IO4. The van der Waals surface area contributed by atoms with Crippen LogP contribution in [0.25, 0.3) is 0 Å². The molecule has 0 radical (unpaired) electrons. The van der Waals surface area contributed by atoms with Gasteiger partial charge in [0.2, 0.25) is 0 Å². The monoisotopic (exact) mass is 464 g/mol. The summed E-state index contributed by atoms with van der Waals surface area (Å²) in [7, 11) is 0. The number of esters is 2. The third kappa shape index (κ3) is 5.06. The molecular weight excluding hydrogens is 443 g/mol. The zero-order valence-electron chi connectivity index (χ0n) is 14.6. The minimum atomic E-state index is -0.438. The van der Waals surface area contributed by atoms with Gasteiger partial charge in [-0.2, -0.15) is 0 Å². The number of carbonyl (C=O) groups is 2. The Balaban J connectivity index is 1.56. The summed E-state index contributed by atoms with van der Waals surface area (Å²) in [5.41, 5.74) is 1.51. The van der Waals surface area contributed by atoms with E-state index in [9.17, 15) is 9.59 Å². The molecule has 0 atom stereocenters. The van der Waals surface area contributed by atoms with Crippen molar-refractivity contribution >= 4 is 34.5 Å². The van der Waals surface area contributed by atoms with Gasteiger partial charge in [-0.3, -0.25) is 4.79 Å². The lowest BCUT2D eigenvalue weighted by Gasteiger charge is -2.23. The number of rotatable bonds is 4. The van der Waals surface area contributed by atoms with E-state index in [2.05, 4.69) is 22.6 Å². The van der Waals surface area contributed by atoms with Gasteiger partial charge in [0.25, 0.3) is 0 Å². The van der Waals surface area contributed by atoms with E-state index in [0.717, 1.165) is 31.2 Å². The predicted octanol–water partition coefficient (Wildman–Crippen LogP) is 5.11. The van der Waals surface area contributed by atoms with Crippen molar-refractivity contribution < 1.29 is 19.1 Å². The Kier molecular flexibility index (Phi) is 6.29. The van der Waals surface area contributed by atoms with Crippen LogP contribution in [-0.2, 0) is 4.79 Å². The second-order valence-electron chi connectivity index (χ2n) is 6.60. The van der Waals surface area contributed by atoms with Gasteiger partial charge < -0.3 is 9.47 Å². The molecule has 1 aliphatic rings. The highest BCUT2D eigenvalue weighted by molar-refractivity contribution is 14.1. The van der Waals surface area contributed by atoms with Crippen molar-refractivity contribution in [2.45, 2.75) is 36.5 Å². The summed E-state index contributed by atoms with van der Waals surface area (Å²) in [5.74, 6) is 0.322. The summed E-state index contributed by atoms with van der Waals surface area (Å²) in [6.45, 7) is 1.97. The van der Waals surface area contributed by atoms with E-state index in [1.807, 2.05) is 19.1 Å². The summed E-state index contributed by atoms with van der Waals surface area (Å²) >= 11 is 2.44. The molecule has 26 heavy (non-hydrogen) atoms. The Morgan fingerprint density at radius 3 is 2.00 bits per heavy atom. The Labute approximate surface area is 167 Å². The maximum atomic E-state index is 12.2. The average molecular weight is 464 g/mol. The first-order valence-corrected chi connectivity index (χ1v) is 10.0. The lowest BCUT2D eigenvalue weighted by molar-refractivity contribution is -0.139. The minimum Gasteiger partial charge on any atom is -0.426 e. The number of alkyl halides is 1. The molecule has 0 saturated heterocycles. The average Bonchev–Trinajstić information content (AvgIpc) is 2.64. The van der Waals surface area contributed by atoms with E-state index >= 15 is 0 Å². The molecule has 0 N–H and O–H groups in total. The predicted molar refractivity (Wildman–Crippen MR) is 108 cm³/mol. The van der Waals surface area contributed by atoms with Crippen LogP contribution in [0.1, 0.15) is 41.6 Å². The number of hydrogen-bond acceptors (Lipinski definition) is 4. The summed E-state index contributed by atoms with van der Waals surface area (Å²) in [6, 6.07) is 13.8. The number of ether oxygens (including phenoxy) is 2. The molecule has 5 heteroatoms. The normalized spacial score (nSPS) is 19.6. The second-order valence-corrected chi connectivity index (χ2v) is 8.36. The Hall–Kier alpha value is -1.89. The maximum absolute atomic E-state index is 12.2. The van der Waals surface area contributed by atoms with Crippen LogP contribution in [0.4, 0.5) is 0 Å². The molecule has 3 rings (SSSR count). The number of halogens is 1. The van der Waals surface area contributed by atoms with Crippen molar-refractivity contribution in [2.75, 3.05) is 0 Å². The number of benzene rings is 2. The number of carbonyl (C=O) groups excluding carboxylic acids is 2. The molecule has 2 aromatic rings. The van der Waals surface area contributed by atoms with E-state index < -0.39 is 5.97 Å². The fraction of sp³-hybridized carbons (Fsp3) is 0.333. The Morgan fingerprint density at radius 1 is 0.846 bits per heavy atom. The first-order valence-electron chi connectivity index (χ1n) is 8.76. The standard InChI is InChI=1S/C21H21IO4/c1-14-2-10-18(11-3-14)25-21(24)16-6-12-19(13-7-16)26-20(23)15-4-8-17(22)9-5-15/h2-3,6-7,10-13,15,17H,4-5,8-9H2,1H3. The number of aryl methyl sites for hydroxylation is 1. The third-order valence-corrected chi connectivity index (χ3v) is 5.78. The van der Waals surface area contributed by atoms with Crippen molar-refractivity contribution in [3.63, 3.8) is 0 Å². The molecule has 0 aliphatic heterocycles. The fourth-order valence-corrected chi connectivity index (χ4v) is 3.64. The number of hydrogen-bond donors (Lipinski definition) is 0. The van der Waals surface area contributed by atoms with Crippen LogP contribution in [0.15, 0.2) is 48.5 Å².